The zero-order valence-corrected chi connectivity index (χ0v) is 15.9. The Morgan fingerprint density at radius 2 is 1.83 bits per heavy atom. The fraction of sp³-hybridized carbons (Fsp3) is 0.955. The van der Waals surface area contributed by atoms with Gasteiger partial charge < -0.3 is 4.74 Å². The first-order valence-corrected chi connectivity index (χ1v) is 10.4. The molecule has 0 unspecified atom stereocenters. The fourth-order valence-electron chi connectivity index (χ4n) is 9.25. The highest BCUT2D eigenvalue weighted by Crippen LogP contribution is 2.82. The van der Waals surface area contributed by atoms with E-state index in [0.29, 0.717) is 28.6 Å². The zero-order valence-electron chi connectivity index (χ0n) is 15.9. The molecule has 0 heterocycles. The molecule has 9 atom stereocenters. The lowest BCUT2D eigenvalue weighted by Gasteiger charge is -2.60. The lowest BCUT2D eigenvalue weighted by atomic mass is 9.45. The molecule has 0 bridgehead atoms. The van der Waals surface area contributed by atoms with Crippen LogP contribution in [-0.2, 0) is 9.53 Å². The molecule has 5 fully saturated rings. The monoisotopic (exact) mass is 330 g/mol. The summed E-state index contributed by atoms with van der Waals surface area (Å²) in [5.74, 6) is 4.17. The van der Waals surface area contributed by atoms with Crippen LogP contribution in [0.4, 0.5) is 0 Å². The van der Waals surface area contributed by atoms with Crippen molar-refractivity contribution in [3.05, 3.63) is 0 Å². The Morgan fingerprint density at radius 3 is 2.50 bits per heavy atom. The van der Waals surface area contributed by atoms with Crippen LogP contribution in [0.1, 0.15) is 72.1 Å². The van der Waals surface area contributed by atoms with Gasteiger partial charge >= 0.3 is 0 Å². The smallest absolute Gasteiger partial charge is 0.133 e. The van der Waals surface area contributed by atoms with Crippen molar-refractivity contribution in [1.82, 2.24) is 0 Å². The number of ether oxygens (including phenoxy) is 1. The molecule has 0 aromatic rings. The maximum absolute atomic E-state index is 12.3. The third-order valence-electron chi connectivity index (χ3n) is 10.3. The van der Waals surface area contributed by atoms with Crippen LogP contribution in [0.3, 0.4) is 0 Å². The van der Waals surface area contributed by atoms with Crippen molar-refractivity contribution in [3.8, 4) is 0 Å². The van der Waals surface area contributed by atoms with E-state index in [0.717, 1.165) is 30.1 Å². The SMILES string of the molecule is CO[C@@H]1C[C@@H]2[C@@H]3CC[C@H](C(C)=O)[C@]3(C)CC[C@@H]2[C@@]2(C)CC[C@@H]3C[C@@]312. The molecule has 0 N–H and O–H groups in total. The van der Waals surface area contributed by atoms with Crippen molar-refractivity contribution < 1.29 is 9.53 Å². The van der Waals surface area contributed by atoms with Gasteiger partial charge in [0.15, 0.2) is 0 Å². The van der Waals surface area contributed by atoms with Gasteiger partial charge in [-0.25, -0.2) is 0 Å². The Bertz CT molecular complexity index is 585. The predicted octanol–water partition coefficient (Wildman–Crippen LogP) is 4.86. The van der Waals surface area contributed by atoms with E-state index >= 15 is 0 Å². The van der Waals surface area contributed by atoms with E-state index in [4.69, 9.17) is 4.74 Å². The topological polar surface area (TPSA) is 26.3 Å². The van der Waals surface area contributed by atoms with Gasteiger partial charge in [-0.05, 0) is 92.8 Å². The van der Waals surface area contributed by atoms with Crippen molar-refractivity contribution in [1.29, 1.82) is 0 Å². The Morgan fingerprint density at radius 1 is 1.04 bits per heavy atom. The minimum atomic E-state index is 0.272. The van der Waals surface area contributed by atoms with Gasteiger partial charge in [0.05, 0.1) is 6.10 Å². The third-order valence-corrected chi connectivity index (χ3v) is 10.3. The Hall–Kier alpha value is -0.370. The predicted molar refractivity (Wildman–Crippen MR) is 94.5 cm³/mol. The molecule has 5 rings (SSSR count). The second-order valence-corrected chi connectivity index (χ2v) is 10.5. The third kappa shape index (κ3) is 1.57. The van der Waals surface area contributed by atoms with E-state index in [2.05, 4.69) is 13.8 Å². The second-order valence-electron chi connectivity index (χ2n) is 10.5. The molecule has 0 amide bonds. The molecule has 24 heavy (non-hydrogen) atoms. The van der Waals surface area contributed by atoms with Gasteiger partial charge in [0.1, 0.15) is 5.78 Å². The number of carbonyl (C=O) groups is 1. The molecule has 134 valence electrons. The summed E-state index contributed by atoms with van der Waals surface area (Å²) in [6, 6.07) is 0. The van der Waals surface area contributed by atoms with E-state index in [9.17, 15) is 4.79 Å². The van der Waals surface area contributed by atoms with Crippen LogP contribution in [0.5, 0.6) is 0 Å². The van der Waals surface area contributed by atoms with Crippen molar-refractivity contribution in [2.75, 3.05) is 7.11 Å². The maximum atomic E-state index is 12.3. The van der Waals surface area contributed by atoms with E-state index in [1.807, 2.05) is 14.0 Å². The molecule has 2 heteroatoms. The Balaban J connectivity index is 1.53. The molecule has 1 spiro atoms. The van der Waals surface area contributed by atoms with Crippen LogP contribution in [0.15, 0.2) is 0 Å². The van der Waals surface area contributed by atoms with Crippen molar-refractivity contribution >= 4 is 5.78 Å². The van der Waals surface area contributed by atoms with Crippen molar-refractivity contribution in [2.24, 2.45) is 45.8 Å². The maximum Gasteiger partial charge on any atom is 0.133 e. The number of rotatable bonds is 2. The summed E-state index contributed by atoms with van der Waals surface area (Å²) in [5.41, 5.74) is 1.31. The highest BCUT2D eigenvalue weighted by atomic mass is 16.5. The summed E-state index contributed by atoms with van der Waals surface area (Å²) >= 11 is 0. The summed E-state index contributed by atoms with van der Waals surface area (Å²) in [6.07, 6.45) is 11.1. The first-order valence-electron chi connectivity index (χ1n) is 10.4. The quantitative estimate of drug-likeness (QED) is 0.723. The van der Waals surface area contributed by atoms with Crippen LogP contribution in [-0.4, -0.2) is 19.0 Å². The average molecular weight is 331 g/mol. The lowest BCUT2D eigenvalue weighted by molar-refractivity contribution is -0.161. The number of fused-ring (bicyclic) bond motifs is 4. The molecule has 5 aliphatic carbocycles. The fourth-order valence-corrected chi connectivity index (χ4v) is 9.25. The second kappa shape index (κ2) is 4.67. The first kappa shape index (κ1) is 15.9. The van der Waals surface area contributed by atoms with Gasteiger partial charge in [-0.3, -0.25) is 4.79 Å². The van der Waals surface area contributed by atoms with E-state index in [-0.39, 0.29) is 5.41 Å². The van der Waals surface area contributed by atoms with E-state index < -0.39 is 0 Å². The molecule has 0 aliphatic heterocycles. The van der Waals surface area contributed by atoms with Crippen LogP contribution in [0.2, 0.25) is 0 Å². The number of ketones is 1. The van der Waals surface area contributed by atoms with E-state index in [1.165, 1.54) is 44.9 Å². The highest BCUT2D eigenvalue weighted by Gasteiger charge is 2.77. The number of methoxy groups -OCH3 is 1. The lowest BCUT2D eigenvalue weighted by Crippen LogP contribution is -2.57. The summed E-state index contributed by atoms with van der Waals surface area (Å²) in [5, 5.41) is 0. The minimum absolute atomic E-state index is 0.272. The van der Waals surface area contributed by atoms with Crippen LogP contribution < -0.4 is 0 Å². The molecule has 0 aromatic carbocycles. The van der Waals surface area contributed by atoms with Gasteiger partial charge in [-0.2, -0.15) is 0 Å². The highest BCUT2D eigenvalue weighted by molar-refractivity contribution is 5.79. The molecular weight excluding hydrogens is 296 g/mol. The van der Waals surface area contributed by atoms with Gasteiger partial charge in [0, 0.05) is 18.4 Å². The summed E-state index contributed by atoms with van der Waals surface area (Å²) in [7, 11) is 1.96. The standard InChI is InChI=1S/C22H34O2/c1-13(23)16-5-6-17-15-11-19(24-4)22-12-14(22)7-10-21(22,3)18(15)8-9-20(16,17)2/h14-19H,5-12H2,1-4H3/t14-,15-,16-,17+,18+,19-,20+,21-,22-/m1/s1. The minimum Gasteiger partial charge on any atom is -0.381 e. The van der Waals surface area contributed by atoms with Crippen LogP contribution >= 0.6 is 0 Å². The van der Waals surface area contributed by atoms with Gasteiger partial charge in [0.25, 0.3) is 0 Å². The normalized spacial score (nSPS) is 60.8. The molecule has 0 aromatic heterocycles. The van der Waals surface area contributed by atoms with Crippen molar-refractivity contribution in [2.45, 2.75) is 78.2 Å². The molecule has 0 radical (unpaired) electrons. The van der Waals surface area contributed by atoms with Gasteiger partial charge in [0.2, 0.25) is 0 Å². The first-order chi connectivity index (χ1) is 11.4. The van der Waals surface area contributed by atoms with Crippen LogP contribution in [0, 0.1) is 45.8 Å². The largest absolute Gasteiger partial charge is 0.381 e. The number of hydrogen-bond acceptors (Lipinski definition) is 2. The molecule has 2 nitrogen and oxygen atoms in total. The van der Waals surface area contributed by atoms with Crippen molar-refractivity contribution in [3.63, 3.8) is 0 Å². The molecular formula is C22H34O2. The van der Waals surface area contributed by atoms with Gasteiger partial charge in [-0.15, -0.1) is 0 Å². The average Bonchev–Trinajstić information content (AvgIpc) is 3.04. The van der Waals surface area contributed by atoms with Crippen LogP contribution in [0.25, 0.3) is 0 Å². The zero-order chi connectivity index (χ0) is 16.9. The summed E-state index contributed by atoms with van der Waals surface area (Å²) in [6.45, 7) is 6.92. The Labute approximate surface area is 147 Å². The number of hydrogen-bond donors (Lipinski definition) is 0. The van der Waals surface area contributed by atoms with E-state index in [1.54, 1.807) is 0 Å². The summed E-state index contributed by atoms with van der Waals surface area (Å²) < 4.78 is 6.15. The Kier molecular flexibility index (Phi) is 3.08. The number of Topliss-reactive ketones (excluding diaryl/α,β-unsaturated/α-hetero) is 1. The van der Waals surface area contributed by atoms with Gasteiger partial charge in [-0.1, -0.05) is 13.8 Å². The molecule has 5 saturated carbocycles. The molecule has 0 saturated heterocycles. The summed E-state index contributed by atoms with van der Waals surface area (Å²) in [4.78, 5) is 12.3. The molecule has 5 aliphatic rings. The number of carbonyl (C=O) groups excluding carboxylic acids is 1.